The van der Waals surface area contributed by atoms with Crippen molar-refractivity contribution in [1.82, 2.24) is 4.57 Å². The summed E-state index contributed by atoms with van der Waals surface area (Å²) < 4.78 is 2.27. The second-order valence-electron chi connectivity index (χ2n) is 5.55. The van der Waals surface area contributed by atoms with Gasteiger partial charge < -0.3 is 9.67 Å². The van der Waals surface area contributed by atoms with Crippen LogP contribution in [0.1, 0.15) is 25.3 Å². The average Bonchev–Trinajstić information content (AvgIpc) is 2.75. The lowest BCUT2D eigenvalue weighted by Crippen LogP contribution is -1.93. The molecule has 1 heterocycles. The Morgan fingerprint density at radius 3 is 2.33 bits per heavy atom. The number of benzene rings is 2. The van der Waals surface area contributed by atoms with Gasteiger partial charge in [-0.25, -0.2) is 0 Å². The van der Waals surface area contributed by atoms with E-state index in [2.05, 4.69) is 49.7 Å². The van der Waals surface area contributed by atoms with E-state index in [-0.39, 0.29) is 0 Å². The third kappa shape index (κ3) is 2.54. The van der Waals surface area contributed by atoms with E-state index < -0.39 is 0 Å². The van der Waals surface area contributed by atoms with Gasteiger partial charge in [0.05, 0.1) is 5.03 Å². The van der Waals surface area contributed by atoms with Gasteiger partial charge in [-0.1, -0.05) is 43.8 Å². The number of hydrogen-bond acceptors (Lipinski definition) is 2. The summed E-state index contributed by atoms with van der Waals surface area (Å²) in [5, 5.41) is 12.0. The molecular formula is C18H19NOS. The molecule has 0 saturated carbocycles. The third-order valence-electron chi connectivity index (χ3n) is 3.72. The van der Waals surface area contributed by atoms with Gasteiger partial charge in [-0.2, -0.15) is 0 Å². The van der Waals surface area contributed by atoms with Gasteiger partial charge in [0.25, 0.3) is 0 Å². The fourth-order valence-corrected chi connectivity index (χ4v) is 3.89. The van der Waals surface area contributed by atoms with Crippen LogP contribution in [-0.4, -0.2) is 9.67 Å². The van der Waals surface area contributed by atoms with E-state index in [1.54, 1.807) is 23.9 Å². The SMILES string of the molecule is CC(C)c1c(Sc2ccc(O)cc2)n(C)c2ccccc12. The topological polar surface area (TPSA) is 25.2 Å². The van der Waals surface area contributed by atoms with Crippen LogP contribution in [0.2, 0.25) is 0 Å². The van der Waals surface area contributed by atoms with E-state index in [9.17, 15) is 5.11 Å². The summed E-state index contributed by atoms with van der Waals surface area (Å²) in [7, 11) is 2.12. The van der Waals surface area contributed by atoms with E-state index in [1.165, 1.54) is 21.5 Å². The maximum atomic E-state index is 9.42. The first-order valence-electron chi connectivity index (χ1n) is 7.12. The molecule has 0 aliphatic carbocycles. The first kappa shape index (κ1) is 14.1. The number of hydrogen-bond donors (Lipinski definition) is 1. The summed E-state index contributed by atoms with van der Waals surface area (Å²) in [5.41, 5.74) is 2.66. The second kappa shape index (κ2) is 5.49. The monoisotopic (exact) mass is 297 g/mol. The molecular weight excluding hydrogens is 278 g/mol. The molecule has 0 bridgehead atoms. The number of rotatable bonds is 3. The summed E-state index contributed by atoms with van der Waals surface area (Å²) in [6.45, 7) is 4.48. The van der Waals surface area contributed by atoms with E-state index in [4.69, 9.17) is 0 Å². The van der Waals surface area contributed by atoms with Crippen LogP contribution in [0, 0.1) is 0 Å². The standard InChI is InChI=1S/C18H19NOS/c1-12(2)17-15-6-4-5-7-16(15)19(3)18(17)21-14-10-8-13(20)9-11-14/h4-12,20H,1-3H3. The van der Waals surface area contributed by atoms with Crippen molar-refractivity contribution in [2.75, 3.05) is 0 Å². The Kier molecular flexibility index (Phi) is 3.68. The molecule has 1 aromatic heterocycles. The summed E-state index contributed by atoms with van der Waals surface area (Å²) in [5.74, 6) is 0.774. The molecule has 0 amide bonds. The third-order valence-corrected chi connectivity index (χ3v) is 4.91. The Balaban J connectivity index is 2.14. The van der Waals surface area contributed by atoms with Crippen molar-refractivity contribution in [1.29, 1.82) is 0 Å². The minimum absolute atomic E-state index is 0.306. The Labute approximate surface area is 129 Å². The molecule has 0 saturated heterocycles. The molecule has 3 aromatic rings. The molecule has 2 aromatic carbocycles. The van der Waals surface area contributed by atoms with Gasteiger partial charge in [0.2, 0.25) is 0 Å². The van der Waals surface area contributed by atoms with Gasteiger partial charge in [-0.05, 0) is 41.8 Å². The van der Waals surface area contributed by atoms with Crippen molar-refractivity contribution in [2.45, 2.75) is 29.7 Å². The van der Waals surface area contributed by atoms with Gasteiger partial charge in [-0.3, -0.25) is 0 Å². The van der Waals surface area contributed by atoms with E-state index >= 15 is 0 Å². The van der Waals surface area contributed by atoms with Crippen molar-refractivity contribution in [3.63, 3.8) is 0 Å². The summed E-state index contributed by atoms with van der Waals surface area (Å²) >= 11 is 1.76. The molecule has 0 radical (unpaired) electrons. The number of aryl methyl sites for hydroxylation is 1. The lowest BCUT2D eigenvalue weighted by atomic mass is 10.0. The summed E-state index contributed by atoms with van der Waals surface area (Å²) in [6, 6.07) is 15.9. The smallest absolute Gasteiger partial charge is 0.115 e. The quantitative estimate of drug-likeness (QED) is 0.722. The van der Waals surface area contributed by atoms with E-state index in [0.29, 0.717) is 11.7 Å². The maximum absolute atomic E-state index is 9.42. The Morgan fingerprint density at radius 1 is 1.00 bits per heavy atom. The Hall–Kier alpha value is -1.87. The molecule has 0 aliphatic rings. The van der Waals surface area contributed by atoms with E-state index in [1.807, 2.05) is 12.1 Å². The molecule has 0 atom stereocenters. The number of aromatic hydroxyl groups is 1. The summed E-state index contributed by atoms with van der Waals surface area (Å²) in [4.78, 5) is 1.14. The zero-order valence-electron chi connectivity index (χ0n) is 12.5. The highest BCUT2D eigenvalue weighted by atomic mass is 32.2. The van der Waals surface area contributed by atoms with Crippen LogP contribution in [-0.2, 0) is 7.05 Å². The number of phenols is 1. The molecule has 21 heavy (non-hydrogen) atoms. The predicted octanol–water partition coefficient (Wildman–Crippen LogP) is 5.16. The highest BCUT2D eigenvalue weighted by molar-refractivity contribution is 7.99. The van der Waals surface area contributed by atoms with Crippen LogP contribution < -0.4 is 0 Å². The van der Waals surface area contributed by atoms with Gasteiger partial charge >= 0.3 is 0 Å². The van der Waals surface area contributed by atoms with Gasteiger partial charge in [0.1, 0.15) is 5.75 Å². The van der Waals surface area contributed by atoms with Crippen molar-refractivity contribution in [2.24, 2.45) is 7.05 Å². The molecule has 0 fully saturated rings. The fraction of sp³-hybridized carbons (Fsp3) is 0.222. The first-order valence-corrected chi connectivity index (χ1v) is 7.93. The van der Waals surface area contributed by atoms with Gasteiger partial charge in [0, 0.05) is 22.8 Å². The van der Waals surface area contributed by atoms with Crippen molar-refractivity contribution >= 4 is 22.7 Å². The van der Waals surface area contributed by atoms with Crippen LogP contribution in [0.4, 0.5) is 0 Å². The molecule has 108 valence electrons. The van der Waals surface area contributed by atoms with Crippen LogP contribution in [0.15, 0.2) is 58.5 Å². The van der Waals surface area contributed by atoms with Crippen molar-refractivity contribution in [3.8, 4) is 5.75 Å². The minimum atomic E-state index is 0.306. The zero-order chi connectivity index (χ0) is 15.0. The molecule has 2 nitrogen and oxygen atoms in total. The molecule has 0 unspecified atom stereocenters. The lowest BCUT2D eigenvalue weighted by Gasteiger charge is -2.10. The lowest BCUT2D eigenvalue weighted by molar-refractivity contribution is 0.475. The maximum Gasteiger partial charge on any atom is 0.115 e. The van der Waals surface area contributed by atoms with E-state index in [0.717, 1.165) is 4.90 Å². The largest absolute Gasteiger partial charge is 0.508 e. The zero-order valence-corrected chi connectivity index (χ0v) is 13.3. The Bertz CT molecular complexity index is 772. The highest BCUT2D eigenvalue weighted by Crippen LogP contribution is 2.40. The molecule has 3 heteroatoms. The molecule has 0 spiro atoms. The van der Waals surface area contributed by atoms with Crippen molar-refractivity contribution in [3.05, 3.63) is 54.1 Å². The number of phenolic OH excluding ortho intramolecular Hbond substituents is 1. The normalized spacial score (nSPS) is 11.4. The van der Waals surface area contributed by atoms with Gasteiger partial charge in [0.15, 0.2) is 0 Å². The van der Waals surface area contributed by atoms with Crippen LogP contribution in [0.5, 0.6) is 5.75 Å². The van der Waals surface area contributed by atoms with Gasteiger partial charge in [-0.15, -0.1) is 0 Å². The Morgan fingerprint density at radius 2 is 1.67 bits per heavy atom. The first-order chi connectivity index (χ1) is 10.1. The molecule has 1 N–H and O–H groups in total. The van der Waals surface area contributed by atoms with Crippen molar-refractivity contribution < 1.29 is 5.11 Å². The second-order valence-corrected chi connectivity index (χ2v) is 6.61. The summed E-state index contributed by atoms with van der Waals surface area (Å²) in [6.07, 6.45) is 0. The predicted molar refractivity (Wildman–Crippen MR) is 89.2 cm³/mol. The molecule has 3 rings (SSSR count). The van der Waals surface area contributed by atoms with Crippen LogP contribution in [0.25, 0.3) is 10.9 Å². The van der Waals surface area contributed by atoms with Crippen LogP contribution in [0.3, 0.4) is 0 Å². The minimum Gasteiger partial charge on any atom is -0.508 e. The average molecular weight is 297 g/mol. The fourth-order valence-electron chi connectivity index (χ4n) is 2.71. The number of aromatic nitrogens is 1. The molecule has 0 aliphatic heterocycles. The number of nitrogens with zero attached hydrogens (tertiary/aromatic N) is 1. The number of para-hydroxylation sites is 1. The van der Waals surface area contributed by atoms with Crippen LogP contribution >= 0.6 is 11.8 Å². The highest BCUT2D eigenvalue weighted by Gasteiger charge is 2.18. The number of fused-ring (bicyclic) bond motifs is 1.